The Labute approximate surface area is 137 Å². The monoisotopic (exact) mass is 322 g/mol. The predicted octanol–water partition coefficient (Wildman–Crippen LogP) is 3.70. The summed E-state index contributed by atoms with van der Waals surface area (Å²) in [5, 5.41) is 29.0. The van der Waals surface area contributed by atoms with Gasteiger partial charge in [0.2, 0.25) is 5.91 Å². The Morgan fingerprint density at radius 2 is 1.83 bits per heavy atom. The number of hydrogen-bond donors (Lipinski definition) is 2. The lowest BCUT2D eigenvalue weighted by atomic mass is 10.2. The average Bonchev–Trinajstić information content (AvgIpc) is 2.58. The standard InChI is InChI=1S/C17H14N4O3/c1-11(22)21(12-4-6-13(23)7-5-12)20-19-15-8-9-16(24)17-14(15)3-2-10-18-17/h2-10,23-24H,1H3. The number of amides is 1. The Kier molecular flexibility index (Phi) is 4.07. The van der Waals surface area contributed by atoms with Gasteiger partial charge in [0.25, 0.3) is 0 Å². The van der Waals surface area contributed by atoms with Gasteiger partial charge in [-0.2, -0.15) is 5.01 Å². The van der Waals surface area contributed by atoms with Gasteiger partial charge in [-0.1, -0.05) is 5.22 Å². The summed E-state index contributed by atoms with van der Waals surface area (Å²) >= 11 is 0. The van der Waals surface area contributed by atoms with Gasteiger partial charge < -0.3 is 10.2 Å². The van der Waals surface area contributed by atoms with E-state index in [2.05, 4.69) is 15.3 Å². The molecule has 120 valence electrons. The van der Waals surface area contributed by atoms with Crippen LogP contribution in [0.5, 0.6) is 11.5 Å². The molecule has 0 aliphatic heterocycles. The highest BCUT2D eigenvalue weighted by Gasteiger charge is 2.11. The zero-order valence-electron chi connectivity index (χ0n) is 12.8. The summed E-state index contributed by atoms with van der Waals surface area (Å²) in [5.41, 5.74) is 1.36. The zero-order valence-corrected chi connectivity index (χ0v) is 12.8. The van der Waals surface area contributed by atoms with Crippen molar-refractivity contribution in [3.8, 4) is 11.5 Å². The molecule has 3 aromatic rings. The van der Waals surface area contributed by atoms with E-state index in [1.807, 2.05) is 0 Å². The summed E-state index contributed by atoms with van der Waals surface area (Å²) < 4.78 is 0. The molecule has 0 unspecified atom stereocenters. The van der Waals surface area contributed by atoms with E-state index in [1.165, 1.54) is 25.1 Å². The number of fused-ring (bicyclic) bond motifs is 1. The molecule has 0 fully saturated rings. The molecule has 2 N–H and O–H groups in total. The molecule has 24 heavy (non-hydrogen) atoms. The van der Waals surface area contributed by atoms with E-state index in [-0.39, 0.29) is 17.4 Å². The molecule has 1 aromatic heterocycles. The fourth-order valence-electron chi connectivity index (χ4n) is 2.21. The molecule has 7 heteroatoms. The topological polar surface area (TPSA) is 98.4 Å². The van der Waals surface area contributed by atoms with E-state index in [9.17, 15) is 15.0 Å². The normalized spacial score (nSPS) is 11.0. The Balaban J connectivity index is 2.00. The van der Waals surface area contributed by atoms with Crippen LogP contribution in [0.4, 0.5) is 11.4 Å². The van der Waals surface area contributed by atoms with Crippen LogP contribution in [0, 0.1) is 0 Å². The number of nitrogens with zero attached hydrogens (tertiary/aromatic N) is 4. The van der Waals surface area contributed by atoms with Crippen LogP contribution >= 0.6 is 0 Å². The maximum Gasteiger partial charge on any atom is 0.245 e. The van der Waals surface area contributed by atoms with Crippen molar-refractivity contribution in [1.82, 2.24) is 4.98 Å². The predicted molar refractivity (Wildman–Crippen MR) is 89.2 cm³/mol. The van der Waals surface area contributed by atoms with E-state index < -0.39 is 0 Å². The molecular formula is C17H14N4O3. The molecule has 0 saturated carbocycles. The molecule has 0 aliphatic rings. The quantitative estimate of drug-likeness (QED) is 0.567. The van der Waals surface area contributed by atoms with Crippen LogP contribution in [-0.4, -0.2) is 21.1 Å². The van der Waals surface area contributed by atoms with E-state index in [0.717, 1.165) is 5.01 Å². The van der Waals surface area contributed by atoms with Crippen molar-refractivity contribution in [2.24, 2.45) is 10.3 Å². The van der Waals surface area contributed by atoms with Crippen molar-refractivity contribution < 1.29 is 15.0 Å². The van der Waals surface area contributed by atoms with Gasteiger partial charge in [-0.25, -0.2) is 0 Å². The number of benzene rings is 2. The molecule has 2 aromatic carbocycles. The van der Waals surface area contributed by atoms with Gasteiger partial charge in [-0.3, -0.25) is 9.78 Å². The van der Waals surface area contributed by atoms with Crippen molar-refractivity contribution in [3.63, 3.8) is 0 Å². The summed E-state index contributed by atoms with van der Waals surface area (Å²) in [6, 6.07) is 12.6. The lowest BCUT2D eigenvalue weighted by Crippen LogP contribution is -2.21. The van der Waals surface area contributed by atoms with Gasteiger partial charge in [0.15, 0.2) is 0 Å². The minimum absolute atomic E-state index is 0.0477. The van der Waals surface area contributed by atoms with Crippen molar-refractivity contribution in [1.29, 1.82) is 0 Å². The molecule has 1 heterocycles. The maximum absolute atomic E-state index is 11.8. The van der Waals surface area contributed by atoms with Gasteiger partial charge in [0.1, 0.15) is 17.0 Å². The molecule has 0 bridgehead atoms. The number of anilines is 1. The highest BCUT2D eigenvalue weighted by molar-refractivity contribution is 5.94. The number of aromatic nitrogens is 1. The first-order valence-corrected chi connectivity index (χ1v) is 7.14. The number of phenolic OH excluding ortho intramolecular Hbond substituents is 2. The van der Waals surface area contributed by atoms with Crippen LogP contribution < -0.4 is 5.01 Å². The van der Waals surface area contributed by atoms with Crippen LogP contribution in [0.1, 0.15) is 6.92 Å². The molecular weight excluding hydrogens is 308 g/mol. The van der Waals surface area contributed by atoms with E-state index in [1.54, 1.807) is 36.5 Å². The first-order valence-electron chi connectivity index (χ1n) is 7.14. The molecule has 0 aliphatic carbocycles. The van der Waals surface area contributed by atoms with Gasteiger partial charge >= 0.3 is 0 Å². The molecule has 0 atom stereocenters. The lowest BCUT2D eigenvalue weighted by molar-refractivity contribution is -0.116. The summed E-state index contributed by atoms with van der Waals surface area (Å²) in [6.07, 6.45) is 1.57. The zero-order chi connectivity index (χ0) is 17.1. The first-order chi connectivity index (χ1) is 11.6. The van der Waals surface area contributed by atoms with Gasteiger partial charge in [0.05, 0.1) is 11.4 Å². The molecule has 3 rings (SSSR count). The van der Waals surface area contributed by atoms with Crippen LogP contribution in [-0.2, 0) is 4.79 Å². The third-order valence-electron chi connectivity index (χ3n) is 3.36. The second-order valence-corrected chi connectivity index (χ2v) is 5.04. The summed E-state index contributed by atoms with van der Waals surface area (Å²) in [5.74, 6) is -0.188. The summed E-state index contributed by atoms with van der Waals surface area (Å²) in [7, 11) is 0. The Morgan fingerprint density at radius 3 is 2.54 bits per heavy atom. The third kappa shape index (κ3) is 3.00. The SMILES string of the molecule is CC(=O)N(N=Nc1ccc(O)c2ncccc12)c1ccc(O)cc1. The molecule has 0 saturated heterocycles. The van der Waals surface area contributed by atoms with Crippen molar-refractivity contribution in [3.05, 3.63) is 54.7 Å². The maximum atomic E-state index is 11.8. The fourth-order valence-corrected chi connectivity index (χ4v) is 2.21. The largest absolute Gasteiger partial charge is 0.508 e. The minimum Gasteiger partial charge on any atom is -0.508 e. The van der Waals surface area contributed by atoms with Crippen LogP contribution in [0.2, 0.25) is 0 Å². The van der Waals surface area contributed by atoms with Gasteiger partial charge in [0, 0.05) is 18.5 Å². The number of aromatic hydroxyl groups is 2. The number of carbonyl (C=O) groups excluding carboxylic acids is 1. The van der Waals surface area contributed by atoms with Gasteiger partial charge in [-0.15, -0.1) is 5.11 Å². The first kappa shape index (κ1) is 15.4. The Hall–Kier alpha value is -3.48. The highest BCUT2D eigenvalue weighted by atomic mass is 16.3. The Morgan fingerprint density at radius 1 is 1.08 bits per heavy atom. The summed E-state index contributed by atoms with van der Waals surface area (Å²) in [6.45, 7) is 1.36. The van der Waals surface area contributed by atoms with Crippen LogP contribution in [0.3, 0.4) is 0 Å². The Bertz CT molecular complexity index is 923. The number of hydrogen-bond acceptors (Lipinski definition) is 6. The number of rotatable bonds is 3. The fraction of sp³-hybridized carbons (Fsp3) is 0.0588. The third-order valence-corrected chi connectivity index (χ3v) is 3.36. The number of phenols is 2. The number of carbonyl (C=O) groups is 1. The molecule has 1 amide bonds. The van der Waals surface area contributed by atoms with E-state index in [0.29, 0.717) is 22.3 Å². The highest BCUT2D eigenvalue weighted by Crippen LogP contribution is 2.31. The average molecular weight is 322 g/mol. The van der Waals surface area contributed by atoms with Crippen molar-refractivity contribution >= 4 is 28.2 Å². The lowest BCUT2D eigenvalue weighted by Gasteiger charge is -2.13. The molecule has 7 nitrogen and oxygen atoms in total. The second-order valence-electron chi connectivity index (χ2n) is 5.04. The van der Waals surface area contributed by atoms with E-state index >= 15 is 0 Å². The van der Waals surface area contributed by atoms with Crippen LogP contribution in [0.25, 0.3) is 10.9 Å². The van der Waals surface area contributed by atoms with Crippen molar-refractivity contribution in [2.75, 3.05) is 5.01 Å². The molecule has 0 spiro atoms. The molecule has 0 radical (unpaired) electrons. The smallest absolute Gasteiger partial charge is 0.245 e. The van der Waals surface area contributed by atoms with Gasteiger partial charge in [-0.05, 0) is 48.5 Å². The summed E-state index contributed by atoms with van der Waals surface area (Å²) in [4.78, 5) is 15.9. The van der Waals surface area contributed by atoms with E-state index in [4.69, 9.17) is 0 Å². The van der Waals surface area contributed by atoms with Crippen molar-refractivity contribution in [2.45, 2.75) is 6.92 Å². The second kappa shape index (κ2) is 6.33. The minimum atomic E-state index is -0.328. The number of pyridine rings is 1. The van der Waals surface area contributed by atoms with Crippen LogP contribution in [0.15, 0.2) is 65.1 Å².